The average Bonchev–Trinajstić information content (AvgIpc) is 3.27. The summed E-state index contributed by atoms with van der Waals surface area (Å²) in [5.41, 5.74) is -0.130. The number of urea groups is 1. The minimum absolute atomic E-state index is 0.0153. The van der Waals surface area contributed by atoms with Gasteiger partial charge in [-0.3, -0.25) is 4.79 Å². The number of carbonyl (C=O) groups excluding carboxylic acids is 1. The summed E-state index contributed by atoms with van der Waals surface area (Å²) in [6.45, 7) is 0.0854. The smallest absolute Gasteiger partial charge is 0.317 e. The van der Waals surface area contributed by atoms with Gasteiger partial charge in [-0.1, -0.05) is 6.07 Å². The van der Waals surface area contributed by atoms with E-state index in [0.29, 0.717) is 6.42 Å². The second kappa shape index (κ2) is 7.20. The Morgan fingerprint density at radius 2 is 1.91 bits per heavy atom. The first-order valence-corrected chi connectivity index (χ1v) is 7.18. The number of carbonyl (C=O) groups is 2. The summed E-state index contributed by atoms with van der Waals surface area (Å²) in [6, 6.07) is 3.17. The molecule has 0 radical (unpaired) electrons. The van der Waals surface area contributed by atoms with Crippen molar-refractivity contribution in [3.63, 3.8) is 0 Å². The molecule has 120 valence electrons. The number of amides is 2. The molecule has 1 aliphatic rings. The molecule has 1 fully saturated rings. The average molecular weight is 312 g/mol. The van der Waals surface area contributed by atoms with Crippen LogP contribution in [0.25, 0.3) is 0 Å². The van der Waals surface area contributed by atoms with Gasteiger partial charge in [0, 0.05) is 24.6 Å². The second-order valence-electron chi connectivity index (χ2n) is 5.29. The molecule has 22 heavy (non-hydrogen) atoms. The highest BCUT2D eigenvalue weighted by molar-refractivity contribution is 5.75. The second-order valence-corrected chi connectivity index (χ2v) is 5.29. The maximum Gasteiger partial charge on any atom is 0.317 e. The van der Waals surface area contributed by atoms with Gasteiger partial charge in [-0.2, -0.15) is 0 Å². The van der Waals surface area contributed by atoms with Crippen LogP contribution in [-0.4, -0.2) is 34.6 Å². The summed E-state index contributed by atoms with van der Waals surface area (Å²) in [6.07, 6.45) is 1.89. The quantitative estimate of drug-likeness (QED) is 0.760. The van der Waals surface area contributed by atoms with E-state index in [1.54, 1.807) is 0 Å². The Morgan fingerprint density at radius 1 is 1.27 bits per heavy atom. The zero-order chi connectivity index (χ0) is 16.1. The molecule has 0 saturated heterocycles. The monoisotopic (exact) mass is 312 g/mol. The van der Waals surface area contributed by atoms with Crippen molar-refractivity contribution in [1.82, 2.24) is 10.2 Å². The van der Waals surface area contributed by atoms with Crippen molar-refractivity contribution >= 4 is 12.0 Å². The maximum absolute atomic E-state index is 13.7. The fraction of sp³-hybridized carbons (Fsp3) is 0.467. The molecule has 0 unspecified atom stereocenters. The van der Waals surface area contributed by atoms with Gasteiger partial charge in [0.1, 0.15) is 11.6 Å². The Labute approximate surface area is 126 Å². The van der Waals surface area contributed by atoms with E-state index in [-0.39, 0.29) is 31.1 Å². The first kappa shape index (κ1) is 16.2. The highest BCUT2D eigenvalue weighted by Crippen LogP contribution is 2.29. The topological polar surface area (TPSA) is 69.6 Å². The molecule has 0 spiro atoms. The van der Waals surface area contributed by atoms with Crippen LogP contribution in [0.15, 0.2) is 18.2 Å². The molecule has 0 bridgehead atoms. The minimum Gasteiger partial charge on any atom is -0.481 e. The predicted octanol–water partition coefficient (Wildman–Crippen LogP) is 2.50. The Hall–Kier alpha value is -2.18. The van der Waals surface area contributed by atoms with Crippen LogP contribution in [0, 0.1) is 11.6 Å². The summed E-state index contributed by atoms with van der Waals surface area (Å²) < 4.78 is 27.4. The third-order valence-corrected chi connectivity index (χ3v) is 3.48. The summed E-state index contributed by atoms with van der Waals surface area (Å²) >= 11 is 0. The first-order chi connectivity index (χ1) is 10.5. The van der Waals surface area contributed by atoms with E-state index in [1.165, 1.54) is 11.0 Å². The zero-order valence-corrected chi connectivity index (χ0v) is 12.0. The van der Waals surface area contributed by atoms with Crippen molar-refractivity contribution in [3.05, 3.63) is 35.4 Å². The number of halogens is 2. The lowest BCUT2D eigenvalue weighted by molar-refractivity contribution is -0.137. The molecule has 0 heterocycles. The normalized spacial score (nSPS) is 13.7. The highest BCUT2D eigenvalue weighted by Gasteiger charge is 2.33. The van der Waals surface area contributed by atoms with Crippen molar-refractivity contribution in [3.8, 4) is 0 Å². The van der Waals surface area contributed by atoms with Gasteiger partial charge in [-0.05, 0) is 31.4 Å². The molecule has 0 atom stereocenters. The summed E-state index contributed by atoms with van der Waals surface area (Å²) in [5.74, 6) is -2.28. The van der Waals surface area contributed by atoms with E-state index >= 15 is 0 Å². The predicted molar refractivity (Wildman–Crippen MR) is 75.2 cm³/mol. The van der Waals surface area contributed by atoms with Gasteiger partial charge in [-0.25, -0.2) is 13.6 Å². The van der Waals surface area contributed by atoms with Crippen LogP contribution in [0.2, 0.25) is 0 Å². The van der Waals surface area contributed by atoms with Crippen molar-refractivity contribution in [2.24, 2.45) is 0 Å². The summed E-state index contributed by atoms with van der Waals surface area (Å²) in [4.78, 5) is 23.9. The number of rotatable bonds is 7. The number of aliphatic carboxylic acids is 1. The van der Waals surface area contributed by atoms with E-state index in [0.717, 1.165) is 25.0 Å². The molecule has 1 aromatic carbocycles. The van der Waals surface area contributed by atoms with Crippen molar-refractivity contribution in [2.75, 3.05) is 6.54 Å². The van der Waals surface area contributed by atoms with Gasteiger partial charge in [0.15, 0.2) is 0 Å². The molecule has 1 aromatic rings. The minimum atomic E-state index is -0.929. The molecule has 7 heteroatoms. The lowest BCUT2D eigenvalue weighted by Crippen LogP contribution is -2.41. The van der Waals surface area contributed by atoms with Gasteiger partial charge in [0.2, 0.25) is 0 Å². The van der Waals surface area contributed by atoms with Crippen molar-refractivity contribution < 1.29 is 23.5 Å². The fourth-order valence-corrected chi connectivity index (χ4v) is 2.14. The Bertz CT molecular complexity index is 541. The fourth-order valence-electron chi connectivity index (χ4n) is 2.14. The molecular weight excluding hydrogens is 294 g/mol. The van der Waals surface area contributed by atoms with Gasteiger partial charge in [-0.15, -0.1) is 0 Å². The number of hydrogen-bond acceptors (Lipinski definition) is 2. The number of nitrogens with one attached hydrogen (secondary N) is 1. The van der Waals surface area contributed by atoms with Gasteiger partial charge in [0.05, 0.1) is 6.54 Å². The van der Waals surface area contributed by atoms with E-state index in [9.17, 15) is 18.4 Å². The number of benzene rings is 1. The van der Waals surface area contributed by atoms with Crippen LogP contribution >= 0.6 is 0 Å². The van der Waals surface area contributed by atoms with E-state index in [2.05, 4.69) is 5.32 Å². The SMILES string of the molecule is O=C(O)CCCNC(=O)N(Cc1c(F)cccc1F)C1CC1. The lowest BCUT2D eigenvalue weighted by atomic mass is 10.2. The van der Waals surface area contributed by atoms with Crippen LogP contribution in [-0.2, 0) is 11.3 Å². The summed E-state index contributed by atoms with van der Waals surface area (Å²) in [5, 5.41) is 11.1. The third kappa shape index (κ3) is 4.41. The number of carboxylic acids is 1. The molecule has 2 rings (SSSR count). The Balaban J connectivity index is 1.95. The van der Waals surface area contributed by atoms with E-state index in [1.807, 2.05) is 0 Å². The van der Waals surface area contributed by atoms with Crippen LogP contribution in [0.4, 0.5) is 13.6 Å². The maximum atomic E-state index is 13.7. The van der Waals surface area contributed by atoms with Crippen LogP contribution in [0.1, 0.15) is 31.2 Å². The van der Waals surface area contributed by atoms with Crippen LogP contribution in [0.3, 0.4) is 0 Å². The van der Waals surface area contributed by atoms with Gasteiger partial charge < -0.3 is 15.3 Å². The third-order valence-electron chi connectivity index (χ3n) is 3.48. The molecule has 1 aliphatic carbocycles. The summed E-state index contributed by atoms with van der Waals surface area (Å²) in [7, 11) is 0. The van der Waals surface area contributed by atoms with Crippen molar-refractivity contribution in [2.45, 2.75) is 38.3 Å². The Morgan fingerprint density at radius 3 is 2.45 bits per heavy atom. The molecule has 2 amide bonds. The van der Waals surface area contributed by atoms with Gasteiger partial charge in [0.25, 0.3) is 0 Å². The van der Waals surface area contributed by atoms with E-state index in [4.69, 9.17) is 5.11 Å². The molecule has 0 aliphatic heterocycles. The number of hydrogen-bond donors (Lipinski definition) is 2. The standard InChI is InChI=1S/C15H18F2N2O3/c16-12-3-1-4-13(17)11(12)9-19(10-6-7-10)15(22)18-8-2-5-14(20)21/h1,3-4,10H,2,5-9H2,(H,18,22)(H,20,21). The van der Waals surface area contributed by atoms with Crippen LogP contribution in [0.5, 0.6) is 0 Å². The molecule has 1 saturated carbocycles. The van der Waals surface area contributed by atoms with Crippen LogP contribution < -0.4 is 5.32 Å². The molecular formula is C15H18F2N2O3. The number of carboxylic acid groups (broad SMARTS) is 1. The zero-order valence-electron chi connectivity index (χ0n) is 12.0. The highest BCUT2D eigenvalue weighted by atomic mass is 19.1. The molecule has 2 N–H and O–H groups in total. The van der Waals surface area contributed by atoms with Crippen molar-refractivity contribution in [1.29, 1.82) is 0 Å². The van der Waals surface area contributed by atoms with E-state index < -0.39 is 23.6 Å². The van der Waals surface area contributed by atoms with Gasteiger partial charge >= 0.3 is 12.0 Å². The molecule has 0 aromatic heterocycles. The number of nitrogens with zero attached hydrogens (tertiary/aromatic N) is 1. The lowest BCUT2D eigenvalue weighted by Gasteiger charge is -2.23. The molecule has 5 nitrogen and oxygen atoms in total. The largest absolute Gasteiger partial charge is 0.481 e. The Kier molecular flexibility index (Phi) is 5.30. The first-order valence-electron chi connectivity index (χ1n) is 7.18.